The van der Waals surface area contributed by atoms with Crippen molar-refractivity contribution in [3.63, 3.8) is 0 Å². The summed E-state index contributed by atoms with van der Waals surface area (Å²) in [7, 11) is 0. The zero-order valence-electron chi connectivity index (χ0n) is 12.2. The van der Waals surface area contributed by atoms with E-state index in [9.17, 15) is 9.90 Å². The van der Waals surface area contributed by atoms with Crippen molar-refractivity contribution in [2.75, 3.05) is 37.6 Å². The van der Waals surface area contributed by atoms with E-state index in [0.29, 0.717) is 6.54 Å². The van der Waals surface area contributed by atoms with E-state index in [1.807, 2.05) is 26.0 Å². The summed E-state index contributed by atoms with van der Waals surface area (Å²) in [5.41, 5.74) is 1.12. The Bertz CT molecular complexity index is 437. The van der Waals surface area contributed by atoms with Gasteiger partial charge in [-0.2, -0.15) is 0 Å². The maximum atomic E-state index is 11.7. The zero-order valence-corrected chi connectivity index (χ0v) is 12.2. The molecule has 0 aliphatic carbocycles. The standard InChI is InChI=1S/C15H23N3O2/c1-12(2)16-15(20)11-17-7-9-18(10-8-17)13-3-5-14(19)6-4-13/h3-6,12,19H,7-11H2,1-2H3,(H,16,20). The molecular weight excluding hydrogens is 254 g/mol. The molecule has 20 heavy (non-hydrogen) atoms. The molecular formula is C15H23N3O2. The number of hydrogen-bond donors (Lipinski definition) is 2. The van der Waals surface area contributed by atoms with Gasteiger partial charge in [-0.3, -0.25) is 9.69 Å². The number of hydrogen-bond acceptors (Lipinski definition) is 4. The van der Waals surface area contributed by atoms with Crippen molar-refractivity contribution in [3.8, 4) is 5.75 Å². The van der Waals surface area contributed by atoms with Gasteiger partial charge in [0.25, 0.3) is 0 Å². The SMILES string of the molecule is CC(C)NC(=O)CN1CCN(c2ccc(O)cc2)CC1. The van der Waals surface area contributed by atoms with Crippen LogP contribution in [0.2, 0.25) is 0 Å². The molecule has 0 bridgehead atoms. The van der Waals surface area contributed by atoms with Gasteiger partial charge in [-0.25, -0.2) is 0 Å². The largest absolute Gasteiger partial charge is 0.508 e. The summed E-state index contributed by atoms with van der Waals surface area (Å²) in [6.07, 6.45) is 0. The van der Waals surface area contributed by atoms with Gasteiger partial charge in [0, 0.05) is 37.9 Å². The Morgan fingerprint density at radius 3 is 2.35 bits per heavy atom. The van der Waals surface area contributed by atoms with E-state index < -0.39 is 0 Å². The smallest absolute Gasteiger partial charge is 0.234 e. The molecule has 1 saturated heterocycles. The Labute approximate surface area is 120 Å². The highest BCUT2D eigenvalue weighted by molar-refractivity contribution is 5.78. The van der Waals surface area contributed by atoms with Crippen LogP contribution in [0, 0.1) is 0 Å². The lowest BCUT2D eigenvalue weighted by Crippen LogP contribution is -2.50. The first-order valence-corrected chi connectivity index (χ1v) is 7.10. The molecule has 2 rings (SSSR count). The second-order valence-corrected chi connectivity index (χ2v) is 5.50. The Morgan fingerprint density at radius 2 is 1.80 bits per heavy atom. The molecule has 5 nitrogen and oxygen atoms in total. The van der Waals surface area contributed by atoms with E-state index in [2.05, 4.69) is 15.1 Å². The molecule has 0 spiro atoms. The Morgan fingerprint density at radius 1 is 1.20 bits per heavy atom. The van der Waals surface area contributed by atoms with Gasteiger partial charge in [0.2, 0.25) is 5.91 Å². The number of aromatic hydroxyl groups is 1. The van der Waals surface area contributed by atoms with Crippen LogP contribution in [-0.2, 0) is 4.79 Å². The van der Waals surface area contributed by atoms with E-state index in [-0.39, 0.29) is 17.7 Å². The molecule has 1 aromatic rings. The average molecular weight is 277 g/mol. The Kier molecular flexibility index (Phi) is 4.84. The summed E-state index contributed by atoms with van der Waals surface area (Å²) < 4.78 is 0. The number of anilines is 1. The lowest BCUT2D eigenvalue weighted by atomic mass is 10.2. The molecule has 110 valence electrons. The molecule has 1 aromatic carbocycles. The maximum absolute atomic E-state index is 11.7. The number of phenolic OH excluding ortho intramolecular Hbond substituents is 1. The van der Waals surface area contributed by atoms with Crippen LogP contribution in [-0.4, -0.2) is 54.7 Å². The van der Waals surface area contributed by atoms with Gasteiger partial charge < -0.3 is 15.3 Å². The van der Waals surface area contributed by atoms with Crippen LogP contribution in [0.4, 0.5) is 5.69 Å². The summed E-state index contributed by atoms with van der Waals surface area (Å²) in [5.74, 6) is 0.385. The fourth-order valence-corrected chi connectivity index (χ4v) is 2.40. The van der Waals surface area contributed by atoms with E-state index >= 15 is 0 Å². The zero-order chi connectivity index (χ0) is 14.5. The molecule has 1 fully saturated rings. The molecule has 1 aliphatic heterocycles. The summed E-state index contributed by atoms with van der Waals surface area (Å²) >= 11 is 0. The minimum atomic E-state index is 0.0954. The van der Waals surface area contributed by atoms with Crippen molar-refractivity contribution in [2.24, 2.45) is 0 Å². The average Bonchev–Trinajstić information content (AvgIpc) is 2.39. The van der Waals surface area contributed by atoms with Crippen molar-refractivity contribution in [1.82, 2.24) is 10.2 Å². The van der Waals surface area contributed by atoms with Crippen molar-refractivity contribution in [3.05, 3.63) is 24.3 Å². The third-order valence-electron chi connectivity index (χ3n) is 3.40. The first-order chi connectivity index (χ1) is 9.54. The third-order valence-corrected chi connectivity index (χ3v) is 3.40. The summed E-state index contributed by atoms with van der Waals surface area (Å²) in [6.45, 7) is 7.99. The minimum absolute atomic E-state index is 0.0954. The number of carbonyl (C=O) groups excluding carboxylic acids is 1. The van der Waals surface area contributed by atoms with Gasteiger partial charge in [-0.15, -0.1) is 0 Å². The van der Waals surface area contributed by atoms with Gasteiger partial charge in [0.05, 0.1) is 6.54 Å². The highest BCUT2D eigenvalue weighted by Gasteiger charge is 2.19. The highest BCUT2D eigenvalue weighted by Crippen LogP contribution is 2.19. The number of phenols is 1. The van der Waals surface area contributed by atoms with Gasteiger partial charge in [-0.05, 0) is 38.1 Å². The number of benzene rings is 1. The monoisotopic (exact) mass is 277 g/mol. The van der Waals surface area contributed by atoms with Crippen LogP contribution in [0.5, 0.6) is 5.75 Å². The molecule has 0 aromatic heterocycles. The summed E-state index contributed by atoms with van der Waals surface area (Å²) in [5, 5.41) is 12.2. The lowest BCUT2D eigenvalue weighted by Gasteiger charge is -2.35. The minimum Gasteiger partial charge on any atom is -0.508 e. The second kappa shape index (κ2) is 6.61. The van der Waals surface area contributed by atoms with Crippen LogP contribution < -0.4 is 10.2 Å². The Hall–Kier alpha value is -1.75. The molecule has 5 heteroatoms. The van der Waals surface area contributed by atoms with Crippen molar-refractivity contribution < 1.29 is 9.90 Å². The van der Waals surface area contributed by atoms with Gasteiger partial charge >= 0.3 is 0 Å². The fourth-order valence-electron chi connectivity index (χ4n) is 2.40. The molecule has 1 amide bonds. The molecule has 2 N–H and O–H groups in total. The third kappa shape index (κ3) is 4.13. The van der Waals surface area contributed by atoms with Crippen LogP contribution in [0.3, 0.4) is 0 Å². The summed E-state index contributed by atoms with van der Waals surface area (Å²) in [4.78, 5) is 16.2. The number of rotatable bonds is 4. The highest BCUT2D eigenvalue weighted by atomic mass is 16.3. The maximum Gasteiger partial charge on any atom is 0.234 e. The molecule has 0 atom stereocenters. The Balaban J connectivity index is 1.80. The van der Waals surface area contributed by atoms with Gasteiger partial charge in [-0.1, -0.05) is 0 Å². The van der Waals surface area contributed by atoms with E-state index in [0.717, 1.165) is 31.9 Å². The van der Waals surface area contributed by atoms with Crippen molar-refractivity contribution in [2.45, 2.75) is 19.9 Å². The molecule has 0 unspecified atom stereocenters. The quantitative estimate of drug-likeness (QED) is 0.863. The fraction of sp³-hybridized carbons (Fsp3) is 0.533. The second-order valence-electron chi connectivity index (χ2n) is 5.50. The van der Waals surface area contributed by atoms with Crippen LogP contribution in [0.1, 0.15) is 13.8 Å². The van der Waals surface area contributed by atoms with E-state index in [1.54, 1.807) is 12.1 Å². The van der Waals surface area contributed by atoms with Crippen molar-refractivity contribution in [1.29, 1.82) is 0 Å². The van der Waals surface area contributed by atoms with Crippen LogP contribution >= 0.6 is 0 Å². The number of nitrogens with one attached hydrogen (secondary N) is 1. The first-order valence-electron chi connectivity index (χ1n) is 7.10. The molecule has 0 radical (unpaired) electrons. The molecule has 0 saturated carbocycles. The molecule has 1 aliphatic rings. The predicted molar refractivity (Wildman–Crippen MR) is 80.0 cm³/mol. The first kappa shape index (κ1) is 14.7. The van der Waals surface area contributed by atoms with Crippen LogP contribution in [0.25, 0.3) is 0 Å². The topological polar surface area (TPSA) is 55.8 Å². The van der Waals surface area contributed by atoms with Crippen molar-refractivity contribution >= 4 is 11.6 Å². The van der Waals surface area contributed by atoms with Gasteiger partial charge in [0.15, 0.2) is 0 Å². The number of carbonyl (C=O) groups is 1. The predicted octanol–water partition coefficient (Wildman–Crippen LogP) is 1.04. The lowest BCUT2D eigenvalue weighted by molar-refractivity contribution is -0.122. The van der Waals surface area contributed by atoms with E-state index in [1.165, 1.54) is 0 Å². The normalized spacial score (nSPS) is 16.4. The van der Waals surface area contributed by atoms with Gasteiger partial charge in [0.1, 0.15) is 5.75 Å². The van der Waals surface area contributed by atoms with E-state index in [4.69, 9.17) is 0 Å². The number of amides is 1. The number of piperazine rings is 1. The molecule has 1 heterocycles. The summed E-state index contributed by atoms with van der Waals surface area (Å²) in [6, 6.07) is 7.46. The van der Waals surface area contributed by atoms with Crippen LogP contribution in [0.15, 0.2) is 24.3 Å². The number of nitrogens with zero attached hydrogens (tertiary/aromatic N) is 2.